The van der Waals surface area contributed by atoms with Gasteiger partial charge in [-0.05, 0) is 54.3 Å². The Morgan fingerprint density at radius 3 is 2.16 bits per heavy atom. The van der Waals surface area contributed by atoms with Crippen LogP contribution in [0.1, 0.15) is 36.5 Å². The molecule has 0 radical (unpaired) electrons. The maximum absolute atomic E-state index is 12.7. The number of piperazine rings is 1. The van der Waals surface area contributed by atoms with Crippen LogP contribution in [0.2, 0.25) is 0 Å². The van der Waals surface area contributed by atoms with Gasteiger partial charge in [0.2, 0.25) is 11.8 Å². The zero-order valence-electron chi connectivity index (χ0n) is 20.5. The predicted molar refractivity (Wildman–Crippen MR) is 133 cm³/mol. The minimum absolute atomic E-state index is 0.0969. The summed E-state index contributed by atoms with van der Waals surface area (Å²) >= 11 is 0. The highest BCUT2D eigenvalue weighted by Crippen LogP contribution is 2.48. The van der Waals surface area contributed by atoms with Gasteiger partial charge in [-0.2, -0.15) is 13.2 Å². The predicted octanol–water partition coefficient (Wildman–Crippen LogP) is 4.84. The summed E-state index contributed by atoms with van der Waals surface area (Å²) in [5, 5.41) is 11.8. The third-order valence-electron chi connectivity index (χ3n) is 6.94. The second kappa shape index (κ2) is 9.91. The van der Waals surface area contributed by atoms with Crippen molar-refractivity contribution in [2.24, 2.45) is 0 Å². The molecular formula is C27H28F3N5O2. The molecule has 37 heavy (non-hydrogen) atoms. The summed E-state index contributed by atoms with van der Waals surface area (Å²) in [5.74, 6) is 1.05. The van der Waals surface area contributed by atoms with Crippen LogP contribution >= 0.6 is 0 Å². The Morgan fingerprint density at radius 1 is 0.946 bits per heavy atom. The van der Waals surface area contributed by atoms with Crippen molar-refractivity contribution in [2.75, 3.05) is 36.4 Å². The molecule has 7 nitrogen and oxygen atoms in total. The van der Waals surface area contributed by atoms with Crippen molar-refractivity contribution in [3.63, 3.8) is 0 Å². The van der Waals surface area contributed by atoms with E-state index < -0.39 is 11.7 Å². The topological polar surface area (TPSA) is 70.6 Å². The first kappa shape index (κ1) is 24.9. The van der Waals surface area contributed by atoms with Crippen molar-refractivity contribution in [3.05, 3.63) is 77.4 Å². The van der Waals surface area contributed by atoms with Crippen LogP contribution in [0.15, 0.2) is 60.7 Å². The maximum atomic E-state index is 12.7. The summed E-state index contributed by atoms with van der Waals surface area (Å²) in [4.78, 5) is 15.7. The number of alkyl halides is 3. The molecule has 10 heteroatoms. The minimum atomic E-state index is -4.36. The summed E-state index contributed by atoms with van der Waals surface area (Å²) in [6.07, 6.45) is -2.39. The number of halogens is 3. The van der Waals surface area contributed by atoms with Gasteiger partial charge in [0, 0.05) is 44.9 Å². The van der Waals surface area contributed by atoms with E-state index in [1.165, 1.54) is 17.7 Å². The van der Waals surface area contributed by atoms with Gasteiger partial charge in [-0.1, -0.05) is 24.3 Å². The van der Waals surface area contributed by atoms with Gasteiger partial charge >= 0.3 is 6.18 Å². The largest absolute Gasteiger partial charge is 0.472 e. The summed E-state index contributed by atoms with van der Waals surface area (Å²) in [6, 6.07) is 16.9. The van der Waals surface area contributed by atoms with E-state index in [1.807, 2.05) is 4.90 Å². The van der Waals surface area contributed by atoms with E-state index in [9.17, 15) is 18.0 Å². The lowest BCUT2D eigenvalue weighted by Gasteiger charge is -2.35. The maximum Gasteiger partial charge on any atom is 0.416 e. The van der Waals surface area contributed by atoms with Crippen molar-refractivity contribution >= 4 is 17.4 Å². The zero-order chi connectivity index (χ0) is 26.0. The van der Waals surface area contributed by atoms with Crippen molar-refractivity contribution in [1.82, 2.24) is 15.1 Å². The van der Waals surface area contributed by atoms with Crippen molar-refractivity contribution in [3.8, 4) is 5.88 Å². The molecule has 194 valence electrons. The molecule has 1 aromatic heterocycles. The van der Waals surface area contributed by atoms with Gasteiger partial charge < -0.3 is 19.9 Å². The van der Waals surface area contributed by atoms with Gasteiger partial charge in [-0.25, -0.2) is 0 Å². The number of hydrogen-bond acceptors (Lipinski definition) is 6. The number of aromatic nitrogens is 2. The lowest BCUT2D eigenvalue weighted by Crippen LogP contribution is -2.48. The zero-order valence-corrected chi connectivity index (χ0v) is 20.5. The van der Waals surface area contributed by atoms with Gasteiger partial charge in [0.25, 0.3) is 0 Å². The standard InChI is InChI=1S/C27H28F3N5O2/c1-19(36)34-14-16-35(17-15-34)23-8-6-21(7-9-23)26(12-13-26)31-24-10-11-25(33-32-24)37-18-20-2-4-22(5-3-20)27(28,29)30/h2-11H,12-18H2,1H3,(H,31,32). The monoisotopic (exact) mass is 511 g/mol. The fraction of sp³-hybridized carbons (Fsp3) is 0.370. The third kappa shape index (κ3) is 5.79. The minimum Gasteiger partial charge on any atom is -0.472 e. The summed E-state index contributed by atoms with van der Waals surface area (Å²) < 4.78 is 43.7. The number of rotatable bonds is 7. The van der Waals surface area contributed by atoms with E-state index in [2.05, 4.69) is 44.7 Å². The normalized spacial score (nSPS) is 16.9. The van der Waals surface area contributed by atoms with Crippen LogP contribution in [0, 0.1) is 0 Å². The van der Waals surface area contributed by atoms with Gasteiger partial charge in [0.1, 0.15) is 12.4 Å². The number of anilines is 2. The van der Waals surface area contributed by atoms with Crippen LogP contribution in [-0.2, 0) is 23.1 Å². The molecule has 1 aliphatic carbocycles. The number of ether oxygens (including phenoxy) is 1. The second-order valence-electron chi connectivity index (χ2n) is 9.49. The third-order valence-corrected chi connectivity index (χ3v) is 6.94. The molecule has 1 saturated carbocycles. The molecule has 1 N–H and O–H groups in total. The van der Waals surface area contributed by atoms with Crippen LogP contribution < -0.4 is 15.0 Å². The highest BCUT2D eigenvalue weighted by molar-refractivity contribution is 5.73. The fourth-order valence-electron chi connectivity index (χ4n) is 4.54. The van der Waals surface area contributed by atoms with E-state index in [0.717, 1.165) is 56.8 Å². The highest BCUT2D eigenvalue weighted by Gasteiger charge is 2.44. The van der Waals surface area contributed by atoms with Crippen LogP contribution in [0.4, 0.5) is 24.7 Å². The SMILES string of the molecule is CC(=O)N1CCN(c2ccc(C3(Nc4ccc(OCc5ccc(C(F)(F)F)cc5)nn4)CC3)cc2)CC1. The number of amides is 1. The Labute approximate surface area is 213 Å². The first-order valence-corrected chi connectivity index (χ1v) is 12.2. The van der Waals surface area contributed by atoms with Gasteiger partial charge in [0.05, 0.1) is 11.1 Å². The van der Waals surface area contributed by atoms with Crippen LogP contribution in [0.5, 0.6) is 5.88 Å². The molecular weight excluding hydrogens is 483 g/mol. The van der Waals surface area contributed by atoms with Crippen molar-refractivity contribution in [2.45, 2.75) is 38.1 Å². The molecule has 2 aromatic carbocycles. The van der Waals surface area contributed by atoms with Crippen molar-refractivity contribution in [1.29, 1.82) is 0 Å². The quantitative estimate of drug-likeness (QED) is 0.490. The highest BCUT2D eigenvalue weighted by atomic mass is 19.4. The average Bonchev–Trinajstić information content (AvgIpc) is 3.69. The number of benzene rings is 2. The molecule has 2 heterocycles. The molecule has 0 bridgehead atoms. The Morgan fingerprint density at radius 2 is 1.62 bits per heavy atom. The Hall–Kier alpha value is -3.82. The first-order chi connectivity index (χ1) is 17.7. The van der Waals surface area contributed by atoms with Crippen LogP contribution in [-0.4, -0.2) is 47.2 Å². The molecule has 0 atom stereocenters. The fourth-order valence-corrected chi connectivity index (χ4v) is 4.54. The number of carbonyl (C=O) groups is 1. The van der Waals surface area contributed by atoms with Gasteiger partial charge in [-0.15, -0.1) is 10.2 Å². The lowest BCUT2D eigenvalue weighted by atomic mass is 10.0. The number of nitrogens with zero attached hydrogens (tertiary/aromatic N) is 4. The molecule has 5 rings (SSSR count). The van der Waals surface area contributed by atoms with E-state index in [0.29, 0.717) is 17.3 Å². The van der Waals surface area contributed by atoms with Crippen LogP contribution in [0.25, 0.3) is 0 Å². The number of hydrogen-bond donors (Lipinski definition) is 1. The average molecular weight is 512 g/mol. The summed E-state index contributed by atoms with van der Waals surface area (Å²) in [5.41, 5.74) is 2.07. The molecule has 2 aliphatic rings. The molecule has 1 saturated heterocycles. The Bertz CT molecular complexity index is 1220. The molecule has 0 unspecified atom stereocenters. The van der Waals surface area contributed by atoms with E-state index >= 15 is 0 Å². The Kier molecular flexibility index (Phi) is 6.66. The molecule has 0 spiro atoms. The smallest absolute Gasteiger partial charge is 0.416 e. The lowest BCUT2D eigenvalue weighted by molar-refractivity contribution is -0.137. The van der Waals surface area contributed by atoms with E-state index in [1.54, 1.807) is 19.1 Å². The molecule has 1 amide bonds. The summed E-state index contributed by atoms with van der Waals surface area (Å²) in [6.45, 7) is 4.84. The second-order valence-corrected chi connectivity index (χ2v) is 9.49. The first-order valence-electron chi connectivity index (χ1n) is 12.2. The Balaban J connectivity index is 1.15. The number of nitrogens with one attached hydrogen (secondary N) is 1. The molecule has 1 aliphatic heterocycles. The molecule has 3 aromatic rings. The van der Waals surface area contributed by atoms with Gasteiger partial charge in [0.15, 0.2) is 0 Å². The van der Waals surface area contributed by atoms with E-state index in [-0.39, 0.29) is 18.1 Å². The van der Waals surface area contributed by atoms with E-state index in [4.69, 9.17) is 4.74 Å². The van der Waals surface area contributed by atoms with Crippen LogP contribution in [0.3, 0.4) is 0 Å². The molecule has 2 fully saturated rings. The van der Waals surface area contributed by atoms with Gasteiger partial charge in [-0.3, -0.25) is 4.79 Å². The summed E-state index contributed by atoms with van der Waals surface area (Å²) in [7, 11) is 0. The van der Waals surface area contributed by atoms with Crippen molar-refractivity contribution < 1.29 is 22.7 Å². The number of carbonyl (C=O) groups excluding carboxylic acids is 1.